The largest absolute Gasteiger partial charge is 0.503 e. The maximum atomic E-state index is 13.4. The molecule has 3 heterocycles. The molecule has 1 N–H and O–H groups in total. The van der Waals surface area contributed by atoms with Crippen LogP contribution >= 0.6 is 27.3 Å². The van der Waals surface area contributed by atoms with Crippen LogP contribution in [0.25, 0.3) is 10.2 Å². The molecule has 1 amide bonds. The zero-order valence-corrected chi connectivity index (χ0v) is 20.5. The quantitative estimate of drug-likeness (QED) is 0.315. The predicted molar refractivity (Wildman–Crippen MR) is 131 cm³/mol. The normalized spacial score (nSPS) is 16.3. The van der Waals surface area contributed by atoms with Gasteiger partial charge >= 0.3 is 0 Å². The van der Waals surface area contributed by atoms with Crippen molar-refractivity contribution in [2.75, 3.05) is 4.90 Å². The van der Waals surface area contributed by atoms with Gasteiger partial charge in [0.2, 0.25) is 5.78 Å². The summed E-state index contributed by atoms with van der Waals surface area (Å²) in [6, 6.07) is 13.7. The number of nitrogens with zero attached hydrogens (tertiary/aromatic N) is 2. The Bertz CT molecular complexity index is 1470. The van der Waals surface area contributed by atoms with Gasteiger partial charge in [0.25, 0.3) is 5.91 Å². The summed E-state index contributed by atoms with van der Waals surface area (Å²) >= 11 is 4.78. The van der Waals surface area contributed by atoms with Crippen molar-refractivity contribution < 1.29 is 19.1 Å². The van der Waals surface area contributed by atoms with E-state index in [0.717, 1.165) is 25.8 Å². The summed E-state index contributed by atoms with van der Waals surface area (Å²) in [5.41, 5.74) is 3.54. The van der Waals surface area contributed by atoms with Gasteiger partial charge in [0.05, 0.1) is 21.8 Å². The van der Waals surface area contributed by atoms with Crippen molar-refractivity contribution in [3.05, 3.63) is 92.5 Å². The number of carbonyl (C=O) groups excluding carboxylic acids is 2. The molecule has 166 valence electrons. The molecule has 8 heteroatoms. The number of anilines is 1. The molecule has 4 aromatic rings. The average molecular weight is 523 g/mol. The molecule has 1 aliphatic rings. The summed E-state index contributed by atoms with van der Waals surface area (Å²) in [5.74, 6) is -1.15. The Morgan fingerprint density at radius 2 is 1.85 bits per heavy atom. The zero-order chi connectivity index (χ0) is 23.4. The van der Waals surface area contributed by atoms with Gasteiger partial charge in [0, 0.05) is 4.47 Å². The van der Waals surface area contributed by atoms with Crippen LogP contribution in [0.4, 0.5) is 5.13 Å². The SMILES string of the molecule is Cc1cc(C)c2nc(N3C(=O)C(O)=C(C(=O)c4ccc(C)o4)[C@@H]3c3ccc(Br)cc3)sc2c1. The van der Waals surface area contributed by atoms with Gasteiger partial charge in [0.15, 0.2) is 16.7 Å². The van der Waals surface area contributed by atoms with E-state index < -0.39 is 23.5 Å². The molecule has 0 saturated heterocycles. The molecule has 0 aliphatic carbocycles. The number of rotatable bonds is 4. The second-order valence-electron chi connectivity index (χ2n) is 8.06. The highest BCUT2D eigenvalue weighted by atomic mass is 79.9. The van der Waals surface area contributed by atoms with E-state index in [1.165, 1.54) is 16.2 Å². The monoisotopic (exact) mass is 522 g/mol. The standard InChI is InChI=1S/C25H19BrN2O4S/c1-12-10-13(2)20-18(11-12)33-25(27-20)28-21(15-5-7-16(26)8-6-15)19(23(30)24(28)31)22(29)17-9-4-14(3)32-17/h4-11,21,30H,1-3H3/t21-/m0/s1. The van der Waals surface area contributed by atoms with Crippen LogP contribution in [-0.4, -0.2) is 21.8 Å². The molecule has 6 nitrogen and oxygen atoms in total. The van der Waals surface area contributed by atoms with Crippen LogP contribution < -0.4 is 4.90 Å². The number of aryl methyl sites for hydroxylation is 3. The van der Waals surface area contributed by atoms with E-state index in [0.29, 0.717) is 16.5 Å². The van der Waals surface area contributed by atoms with E-state index in [1.54, 1.807) is 19.1 Å². The minimum absolute atomic E-state index is 0.0242. The minimum atomic E-state index is -0.842. The van der Waals surface area contributed by atoms with Gasteiger partial charge in [-0.15, -0.1) is 0 Å². The average Bonchev–Trinajstić information content (AvgIpc) is 3.45. The number of benzene rings is 2. The molecule has 2 aromatic carbocycles. The van der Waals surface area contributed by atoms with Crippen LogP contribution in [0, 0.1) is 20.8 Å². The maximum absolute atomic E-state index is 13.4. The lowest BCUT2D eigenvalue weighted by Gasteiger charge is -2.24. The second kappa shape index (κ2) is 7.97. The number of ketones is 1. The number of halogens is 1. The van der Waals surface area contributed by atoms with Gasteiger partial charge in [-0.25, -0.2) is 4.98 Å². The van der Waals surface area contributed by atoms with E-state index >= 15 is 0 Å². The van der Waals surface area contributed by atoms with Crippen LogP contribution in [0.5, 0.6) is 0 Å². The molecule has 1 aliphatic heterocycles. The first-order valence-electron chi connectivity index (χ1n) is 10.3. The molecule has 5 rings (SSSR count). The highest BCUT2D eigenvalue weighted by Gasteiger charge is 2.46. The zero-order valence-electron chi connectivity index (χ0n) is 18.0. The lowest BCUT2D eigenvalue weighted by molar-refractivity contribution is -0.117. The predicted octanol–water partition coefficient (Wildman–Crippen LogP) is 6.36. The number of hydrogen-bond donors (Lipinski definition) is 1. The van der Waals surface area contributed by atoms with E-state index in [9.17, 15) is 14.7 Å². The van der Waals surface area contributed by atoms with E-state index in [1.807, 2.05) is 50.2 Å². The Balaban J connectivity index is 1.69. The first kappa shape index (κ1) is 21.6. The summed E-state index contributed by atoms with van der Waals surface area (Å²) in [5, 5.41) is 11.3. The van der Waals surface area contributed by atoms with Crippen LogP contribution in [0.2, 0.25) is 0 Å². The number of aromatic nitrogens is 1. The summed E-state index contributed by atoms with van der Waals surface area (Å²) in [6.45, 7) is 5.71. The molecule has 0 spiro atoms. The van der Waals surface area contributed by atoms with Gasteiger partial charge in [-0.3, -0.25) is 14.5 Å². The Kier molecular flexibility index (Phi) is 5.22. The molecule has 0 unspecified atom stereocenters. The van der Waals surface area contributed by atoms with Crippen molar-refractivity contribution >= 4 is 54.3 Å². The Hall–Kier alpha value is -3.23. The van der Waals surface area contributed by atoms with Gasteiger partial charge in [-0.1, -0.05) is 45.5 Å². The smallest absolute Gasteiger partial charge is 0.296 e. The Morgan fingerprint density at radius 3 is 2.52 bits per heavy atom. The molecular formula is C25H19BrN2O4S. The highest BCUT2D eigenvalue weighted by molar-refractivity contribution is 9.10. The number of aliphatic hydroxyl groups is 1. The third kappa shape index (κ3) is 3.59. The number of thiazole rings is 1. The molecule has 2 aromatic heterocycles. The van der Waals surface area contributed by atoms with Gasteiger partial charge in [-0.05, 0) is 67.8 Å². The van der Waals surface area contributed by atoms with Crippen molar-refractivity contribution in [1.29, 1.82) is 0 Å². The maximum Gasteiger partial charge on any atom is 0.296 e. The Morgan fingerprint density at radius 1 is 1.12 bits per heavy atom. The van der Waals surface area contributed by atoms with E-state index in [-0.39, 0.29) is 11.3 Å². The van der Waals surface area contributed by atoms with Crippen molar-refractivity contribution in [2.45, 2.75) is 26.8 Å². The van der Waals surface area contributed by atoms with E-state index in [2.05, 4.69) is 15.9 Å². The molecule has 0 bridgehead atoms. The molecule has 0 radical (unpaired) electrons. The van der Waals surface area contributed by atoms with Crippen molar-refractivity contribution in [1.82, 2.24) is 4.98 Å². The third-order valence-electron chi connectivity index (χ3n) is 5.63. The van der Waals surface area contributed by atoms with Crippen LogP contribution in [0.3, 0.4) is 0 Å². The number of hydrogen-bond acceptors (Lipinski definition) is 6. The second-order valence-corrected chi connectivity index (χ2v) is 9.98. The fourth-order valence-electron chi connectivity index (χ4n) is 4.15. The third-order valence-corrected chi connectivity index (χ3v) is 7.16. The summed E-state index contributed by atoms with van der Waals surface area (Å²) in [6.07, 6.45) is 0. The van der Waals surface area contributed by atoms with Crippen LogP contribution in [-0.2, 0) is 4.79 Å². The van der Waals surface area contributed by atoms with Gasteiger partial charge in [-0.2, -0.15) is 0 Å². The van der Waals surface area contributed by atoms with Crippen molar-refractivity contribution in [3.8, 4) is 0 Å². The minimum Gasteiger partial charge on any atom is -0.503 e. The topological polar surface area (TPSA) is 83.6 Å². The number of Topliss-reactive ketones (excluding diaryl/α,β-unsaturated/α-hetero) is 1. The molecule has 33 heavy (non-hydrogen) atoms. The highest BCUT2D eigenvalue weighted by Crippen LogP contribution is 2.44. The van der Waals surface area contributed by atoms with Gasteiger partial charge < -0.3 is 9.52 Å². The lowest BCUT2D eigenvalue weighted by atomic mass is 9.95. The van der Waals surface area contributed by atoms with Crippen LogP contribution in [0.15, 0.2) is 68.8 Å². The van der Waals surface area contributed by atoms with Crippen molar-refractivity contribution in [3.63, 3.8) is 0 Å². The molecular weight excluding hydrogens is 504 g/mol. The summed E-state index contributed by atoms with van der Waals surface area (Å²) < 4.78 is 7.31. The number of furan rings is 1. The lowest BCUT2D eigenvalue weighted by Crippen LogP contribution is -2.30. The number of carbonyl (C=O) groups is 2. The Labute approximate surface area is 202 Å². The molecule has 0 saturated carbocycles. The van der Waals surface area contributed by atoms with Gasteiger partial charge in [0.1, 0.15) is 5.76 Å². The number of fused-ring (bicyclic) bond motifs is 1. The fraction of sp³-hybridized carbons (Fsp3) is 0.160. The first-order chi connectivity index (χ1) is 15.7. The molecule has 0 fully saturated rings. The van der Waals surface area contributed by atoms with Crippen molar-refractivity contribution in [2.24, 2.45) is 0 Å². The number of aliphatic hydroxyl groups excluding tert-OH is 1. The molecule has 1 atom stereocenters. The van der Waals surface area contributed by atoms with E-state index in [4.69, 9.17) is 9.40 Å². The first-order valence-corrected chi connectivity index (χ1v) is 11.9. The summed E-state index contributed by atoms with van der Waals surface area (Å²) in [4.78, 5) is 32.9. The summed E-state index contributed by atoms with van der Waals surface area (Å²) in [7, 11) is 0. The fourth-order valence-corrected chi connectivity index (χ4v) is 5.58. The number of amides is 1. The van der Waals surface area contributed by atoms with Crippen LogP contribution in [0.1, 0.15) is 39.0 Å².